The van der Waals surface area contributed by atoms with Gasteiger partial charge in [0.15, 0.2) is 5.69 Å². The van der Waals surface area contributed by atoms with Crippen molar-refractivity contribution >= 4 is 11.8 Å². The van der Waals surface area contributed by atoms with Crippen LogP contribution in [0, 0.1) is 0 Å². The summed E-state index contributed by atoms with van der Waals surface area (Å²) in [6, 6.07) is 15.3. The van der Waals surface area contributed by atoms with Gasteiger partial charge in [0.05, 0.1) is 7.11 Å². The maximum atomic E-state index is 12.6. The number of amides is 2. The molecule has 172 valence electrons. The number of hydrogen-bond acceptors (Lipinski definition) is 5. The Kier molecular flexibility index (Phi) is 7.40. The summed E-state index contributed by atoms with van der Waals surface area (Å²) >= 11 is 0. The molecule has 33 heavy (non-hydrogen) atoms. The van der Waals surface area contributed by atoms with E-state index in [0.29, 0.717) is 31.0 Å². The molecule has 0 atom stereocenters. The van der Waals surface area contributed by atoms with Crippen LogP contribution in [-0.2, 0) is 17.8 Å². The highest BCUT2D eigenvalue weighted by Crippen LogP contribution is 2.21. The van der Waals surface area contributed by atoms with E-state index in [-0.39, 0.29) is 11.8 Å². The molecule has 0 bridgehead atoms. The Balaban J connectivity index is 1.28. The van der Waals surface area contributed by atoms with Gasteiger partial charge in [-0.1, -0.05) is 30.3 Å². The quantitative estimate of drug-likeness (QED) is 0.559. The third-order valence-electron chi connectivity index (χ3n) is 5.87. The van der Waals surface area contributed by atoms with Crippen LogP contribution in [0.4, 0.5) is 0 Å². The molecule has 0 aliphatic carbocycles. The number of rotatable bonds is 8. The Hall–Kier alpha value is -3.61. The lowest BCUT2D eigenvalue weighted by Gasteiger charge is -2.25. The van der Waals surface area contributed by atoms with E-state index in [1.165, 1.54) is 12.7 Å². The van der Waals surface area contributed by atoms with E-state index < -0.39 is 0 Å². The molecule has 0 unspecified atom stereocenters. The summed E-state index contributed by atoms with van der Waals surface area (Å²) < 4.78 is 10.9. The second kappa shape index (κ2) is 10.8. The lowest BCUT2D eigenvalue weighted by molar-refractivity contribution is -0.121. The fourth-order valence-electron chi connectivity index (χ4n) is 3.98. The van der Waals surface area contributed by atoms with Crippen molar-refractivity contribution in [3.05, 3.63) is 71.6 Å². The highest BCUT2D eigenvalue weighted by molar-refractivity contribution is 5.92. The molecule has 2 amide bonds. The zero-order valence-electron chi connectivity index (χ0n) is 18.9. The Morgan fingerprint density at radius 3 is 2.58 bits per heavy atom. The molecule has 0 radical (unpaired) electrons. The first-order chi connectivity index (χ1) is 16.1. The predicted molar refractivity (Wildman–Crippen MR) is 125 cm³/mol. The molecule has 2 aromatic carbocycles. The van der Waals surface area contributed by atoms with Crippen LogP contribution >= 0.6 is 0 Å². The van der Waals surface area contributed by atoms with Crippen LogP contribution in [-0.4, -0.2) is 41.9 Å². The first-order valence-corrected chi connectivity index (χ1v) is 11.4. The van der Waals surface area contributed by atoms with Crippen molar-refractivity contribution in [2.75, 3.05) is 20.2 Å². The van der Waals surface area contributed by atoms with Gasteiger partial charge in [-0.05, 0) is 55.0 Å². The Morgan fingerprint density at radius 2 is 1.82 bits per heavy atom. The average Bonchev–Trinajstić information content (AvgIpc) is 3.37. The van der Waals surface area contributed by atoms with Crippen molar-refractivity contribution in [3.63, 3.8) is 0 Å². The summed E-state index contributed by atoms with van der Waals surface area (Å²) in [6.07, 6.45) is 5.69. The van der Waals surface area contributed by atoms with Gasteiger partial charge >= 0.3 is 0 Å². The number of ether oxygens (including phenoxy) is 1. The van der Waals surface area contributed by atoms with Gasteiger partial charge in [0.2, 0.25) is 11.8 Å². The van der Waals surface area contributed by atoms with Crippen LogP contribution in [0.15, 0.2) is 59.2 Å². The molecule has 0 saturated carbocycles. The lowest BCUT2D eigenvalue weighted by atomic mass is 10.1. The SMILES string of the molecule is COc1ccccc1CCC(=O)NCc1ccc(-c2nc(C(=O)N3CCCCC3)co2)cc1. The third-order valence-corrected chi connectivity index (χ3v) is 5.87. The first kappa shape index (κ1) is 22.6. The zero-order valence-corrected chi connectivity index (χ0v) is 18.9. The van der Waals surface area contributed by atoms with Crippen LogP contribution < -0.4 is 10.1 Å². The maximum absolute atomic E-state index is 12.6. The van der Waals surface area contributed by atoms with E-state index in [4.69, 9.17) is 9.15 Å². The van der Waals surface area contributed by atoms with Gasteiger partial charge in [-0.2, -0.15) is 0 Å². The minimum Gasteiger partial charge on any atom is -0.496 e. The molecule has 1 fully saturated rings. The van der Waals surface area contributed by atoms with Crippen molar-refractivity contribution in [2.24, 2.45) is 0 Å². The number of hydrogen-bond donors (Lipinski definition) is 1. The van der Waals surface area contributed by atoms with Gasteiger partial charge < -0.3 is 19.4 Å². The Morgan fingerprint density at radius 1 is 1.06 bits per heavy atom. The van der Waals surface area contributed by atoms with Gasteiger partial charge in [0.25, 0.3) is 5.91 Å². The number of carbonyl (C=O) groups excluding carboxylic acids is 2. The topological polar surface area (TPSA) is 84.7 Å². The minimum absolute atomic E-state index is 0.0152. The molecule has 1 aliphatic heterocycles. The lowest BCUT2D eigenvalue weighted by Crippen LogP contribution is -2.35. The number of aryl methyl sites for hydroxylation is 1. The van der Waals surface area contributed by atoms with Crippen LogP contribution in [0.1, 0.15) is 47.3 Å². The van der Waals surface area contributed by atoms with Crippen molar-refractivity contribution in [1.29, 1.82) is 0 Å². The van der Waals surface area contributed by atoms with E-state index in [0.717, 1.165) is 48.4 Å². The maximum Gasteiger partial charge on any atom is 0.275 e. The number of likely N-dealkylation sites (tertiary alicyclic amines) is 1. The summed E-state index contributed by atoms with van der Waals surface area (Å²) in [4.78, 5) is 31.1. The van der Waals surface area contributed by atoms with Crippen LogP contribution in [0.5, 0.6) is 5.75 Å². The fraction of sp³-hybridized carbons (Fsp3) is 0.346. The number of piperidine rings is 1. The number of aromatic nitrogens is 1. The molecule has 1 aliphatic rings. The van der Waals surface area contributed by atoms with Gasteiger partial charge in [-0.3, -0.25) is 9.59 Å². The molecule has 1 N–H and O–H groups in total. The van der Waals surface area contributed by atoms with Crippen LogP contribution in [0.2, 0.25) is 0 Å². The molecule has 2 heterocycles. The monoisotopic (exact) mass is 447 g/mol. The fourth-order valence-corrected chi connectivity index (χ4v) is 3.98. The van der Waals surface area contributed by atoms with E-state index in [1.807, 2.05) is 53.4 Å². The summed E-state index contributed by atoms with van der Waals surface area (Å²) in [5.74, 6) is 1.13. The molecule has 3 aromatic rings. The molecular formula is C26H29N3O4. The van der Waals surface area contributed by atoms with Crippen molar-refractivity contribution in [2.45, 2.75) is 38.6 Å². The van der Waals surface area contributed by atoms with E-state index in [1.54, 1.807) is 7.11 Å². The third kappa shape index (κ3) is 5.80. The van der Waals surface area contributed by atoms with Crippen molar-refractivity contribution < 1.29 is 18.7 Å². The van der Waals surface area contributed by atoms with Crippen molar-refractivity contribution in [1.82, 2.24) is 15.2 Å². The number of carbonyl (C=O) groups is 2. The standard InChI is InChI=1S/C26H29N3O4/c1-32-23-8-4-3-7-20(23)13-14-24(30)27-17-19-9-11-21(12-10-19)25-28-22(18-33-25)26(31)29-15-5-2-6-16-29/h3-4,7-12,18H,2,5-6,13-17H2,1H3,(H,27,30). The average molecular weight is 448 g/mol. The largest absolute Gasteiger partial charge is 0.496 e. The first-order valence-electron chi connectivity index (χ1n) is 11.4. The van der Waals surface area contributed by atoms with Crippen LogP contribution in [0.25, 0.3) is 11.5 Å². The summed E-state index contributed by atoms with van der Waals surface area (Å²) in [6.45, 7) is 2.00. The highest BCUT2D eigenvalue weighted by atomic mass is 16.5. The molecule has 1 aromatic heterocycles. The second-order valence-corrected chi connectivity index (χ2v) is 8.18. The second-order valence-electron chi connectivity index (χ2n) is 8.18. The molecule has 7 nitrogen and oxygen atoms in total. The Bertz CT molecular complexity index is 1080. The number of methoxy groups -OCH3 is 1. The van der Waals surface area contributed by atoms with E-state index >= 15 is 0 Å². The summed E-state index contributed by atoms with van der Waals surface area (Å²) in [5.41, 5.74) is 3.13. The van der Waals surface area contributed by atoms with E-state index in [2.05, 4.69) is 10.3 Å². The van der Waals surface area contributed by atoms with Gasteiger partial charge in [-0.25, -0.2) is 4.98 Å². The predicted octanol–water partition coefficient (Wildman–Crippen LogP) is 4.23. The highest BCUT2D eigenvalue weighted by Gasteiger charge is 2.21. The zero-order chi connectivity index (χ0) is 23.0. The molecule has 0 spiro atoms. The molecule has 7 heteroatoms. The number of oxazole rings is 1. The van der Waals surface area contributed by atoms with Gasteiger partial charge in [-0.15, -0.1) is 0 Å². The molecule has 4 rings (SSSR count). The van der Waals surface area contributed by atoms with Gasteiger partial charge in [0.1, 0.15) is 12.0 Å². The number of para-hydroxylation sites is 1. The Labute approximate surface area is 193 Å². The summed E-state index contributed by atoms with van der Waals surface area (Å²) in [5, 5.41) is 2.95. The smallest absolute Gasteiger partial charge is 0.275 e. The van der Waals surface area contributed by atoms with Crippen molar-refractivity contribution in [3.8, 4) is 17.2 Å². The van der Waals surface area contributed by atoms with Gasteiger partial charge in [0, 0.05) is 31.6 Å². The number of nitrogens with one attached hydrogen (secondary N) is 1. The van der Waals surface area contributed by atoms with Crippen LogP contribution in [0.3, 0.4) is 0 Å². The number of nitrogens with zero attached hydrogens (tertiary/aromatic N) is 2. The number of benzene rings is 2. The summed E-state index contributed by atoms with van der Waals surface area (Å²) in [7, 11) is 1.63. The minimum atomic E-state index is -0.0721. The van der Waals surface area contributed by atoms with E-state index in [9.17, 15) is 9.59 Å². The molecule has 1 saturated heterocycles. The molecular weight excluding hydrogens is 418 g/mol. The normalized spacial score (nSPS) is 13.5.